The van der Waals surface area contributed by atoms with Crippen molar-refractivity contribution >= 4 is 40.5 Å². The number of halogens is 2. The van der Waals surface area contributed by atoms with Gasteiger partial charge in [-0.1, -0.05) is 41.9 Å². The fourth-order valence-electron chi connectivity index (χ4n) is 2.16. The fourth-order valence-corrected chi connectivity index (χ4v) is 2.59. The van der Waals surface area contributed by atoms with Crippen LogP contribution in [-0.4, -0.2) is 11.8 Å². The Balaban J connectivity index is 2.66. The number of carbonyl (C=O) groups is 1. The SMILES string of the molecule is Cc1ccccc1N(C(=O)CCl)c1c(C)cccc1Cl. The van der Waals surface area contributed by atoms with E-state index in [1.165, 1.54) is 0 Å². The normalized spacial score (nSPS) is 10.4. The second-order valence-corrected chi connectivity index (χ2v) is 5.23. The number of benzene rings is 2. The van der Waals surface area contributed by atoms with Gasteiger partial charge in [0.1, 0.15) is 5.88 Å². The number of carbonyl (C=O) groups excluding carboxylic acids is 1. The number of rotatable bonds is 3. The first kappa shape index (κ1) is 14.9. The number of hydrogen-bond acceptors (Lipinski definition) is 1. The average molecular weight is 308 g/mol. The maximum atomic E-state index is 12.3. The number of nitrogens with zero attached hydrogens (tertiary/aromatic N) is 1. The van der Waals surface area contributed by atoms with Crippen LogP contribution in [0.3, 0.4) is 0 Å². The Morgan fingerprint density at radius 1 is 1.05 bits per heavy atom. The molecule has 0 aliphatic rings. The molecule has 0 fully saturated rings. The van der Waals surface area contributed by atoms with E-state index in [-0.39, 0.29) is 11.8 Å². The molecular formula is C16H15Cl2NO. The predicted octanol–water partition coefficient (Wildman–Crippen LogP) is 4.86. The molecule has 2 aromatic rings. The zero-order valence-electron chi connectivity index (χ0n) is 11.4. The average Bonchev–Trinajstić information content (AvgIpc) is 2.43. The Hall–Kier alpha value is -1.51. The van der Waals surface area contributed by atoms with Gasteiger partial charge in [-0.05, 0) is 37.1 Å². The molecule has 2 nitrogen and oxygen atoms in total. The van der Waals surface area contributed by atoms with Gasteiger partial charge in [0.05, 0.1) is 16.4 Å². The highest BCUT2D eigenvalue weighted by atomic mass is 35.5. The Kier molecular flexibility index (Phi) is 4.69. The van der Waals surface area contributed by atoms with Gasteiger partial charge in [-0.2, -0.15) is 0 Å². The largest absolute Gasteiger partial charge is 0.278 e. The van der Waals surface area contributed by atoms with Crippen molar-refractivity contribution in [1.29, 1.82) is 0 Å². The molecule has 0 heterocycles. The molecule has 104 valence electrons. The molecule has 0 saturated carbocycles. The highest BCUT2D eigenvalue weighted by Gasteiger charge is 2.22. The Bertz CT molecular complexity index is 620. The Labute approximate surface area is 128 Å². The smallest absolute Gasteiger partial charge is 0.246 e. The van der Waals surface area contributed by atoms with Gasteiger partial charge >= 0.3 is 0 Å². The van der Waals surface area contributed by atoms with Gasteiger partial charge in [0.15, 0.2) is 0 Å². The Morgan fingerprint density at radius 3 is 2.30 bits per heavy atom. The van der Waals surface area contributed by atoms with Gasteiger partial charge in [0.2, 0.25) is 5.91 Å². The number of hydrogen-bond donors (Lipinski definition) is 0. The van der Waals surface area contributed by atoms with Crippen LogP contribution < -0.4 is 4.90 Å². The lowest BCUT2D eigenvalue weighted by Crippen LogP contribution is -2.28. The Morgan fingerprint density at radius 2 is 1.70 bits per heavy atom. The van der Waals surface area contributed by atoms with Crippen molar-refractivity contribution in [2.45, 2.75) is 13.8 Å². The molecule has 0 aliphatic heterocycles. The van der Waals surface area contributed by atoms with E-state index in [1.807, 2.05) is 50.2 Å². The van der Waals surface area contributed by atoms with Gasteiger partial charge in [-0.3, -0.25) is 9.69 Å². The number of anilines is 2. The summed E-state index contributed by atoms with van der Waals surface area (Å²) in [5.74, 6) is -0.295. The third-order valence-corrected chi connectivity index (χ3v) is 3.67. The molecule has 0 saturated heterocycles. The van der Waals surface area contributed by atoms with Crippen molar-refractivity contribution in [2.75, 3.05) is 10.8 Å². The van der Waals surface area contributed by atoms with Crippen molar-refractivity contribution in [3.8, 4) is 0 Å². The molecule has 2 aromatic carbocycles. The van der Waals surface area contributed by atoms with Gasteiger partial charge in [0.25, 0.3) is 0 Å². The van der Waals surface area contributed by atoms with E-state index in [0.29, 0.717) is 10.7 Å². The summed E-state index contributed by atoms with van der Waals surface area (Å²) in [6, 6.07) is 13.2. The lowest BCUT2D eigenvalue weighted by molar-refractivity contribution is -0.115. The summed E-state index contributed by atoms with van der Waals surface area (Å²) in [4.78, 5) is 13.9. The molecule has 4 heteroatoms. The zero-order chi connectivity index (χ0) is 14.7. The molecule has 0 radical (unpaired) electrons. The first-order valence-corrected chi connectivity index (χ1v) is 7.17. The van der Waals surface area contributed by atoms with Crippen LogP contribution in [0.15, 0.2) is 42.5 Å². The zero-order valence-corrected chi connectivity index (χ0v) is 12.9. The van der Waals surface area contributed by atoms with E-state index in [1.54, 1.807) is 11.0 Å². The number of para-hydroxylation sites is 2. The summed E-state index contributed by atoms with van der Waals surface area (Å²) >= 11 is 12.1. The third-order valence-electron chi connectivity index (χ3n) is 3.13. The highest BCUT2D eigenvalue weighted by molar-refractivity contribution is 6.36. The highest BCUT2D eigenvalue weighted by Crippen LogP contribution is 2.36. The molecule has 0 N–H and O–H groups in total. The second-order valence-electron chi connectivity index (χ2n) is 4.55. The lowest BCUT2D eigenvalue weighted by Gasteiger charge is -2.26. The molecule has 0 spiro atoms. The van der Waals surface area contributed by atoms with E-state index >= 15 is 0 Å². The summed E-state index contributed by atoms with van der Waals surface area (Å²) in [6.45, 7) is 3.88. The number of aryl methyl sites for hydroxylation is 2. The third kappa shape index (κ3) is 2.82. The van der Waals surface area contributed by atoms with Crippen LogP contribution in [0.2, 0.25) is 5.02 Å². The lowest BCUT2D eigenvalue weighted by atomic mass is 10.1. The minimum Gasteiger partial charge on any atom is -0.278 e. The van der Waals surface area contributed by atoms with Crippen LogP contribution in [0.5, 0.6) is 0 Å². The maximum absolute atomic E-state index is 12.3. The van der Waals surface area contributed by atoms with Crippen LogP contribution in [0.1, 0.15) is 11.1 Å². The van der Waals surface area contributed by atoms with Crippen LogP contribution in [0.25, 0.3) is 0 Å². The van der Waals surface area contributed by atoms with Crippen molar-refractivity contribution in [3.05, 3.63) is 58.6 Å². The predicted molar refractivity (Wildman–Crippen MR) is 85.2 cm³/mol. The molecule has 0 atom stereocenters. The fraction of sp³-hybridized carbons (Fsp3) is 0.188. The molecule has 0 bridgehead atoms. The summed E-state index contributed by atoms with van der Waals surface area (Å²) in [5.41, 5.74) is 3.41. The van der Waals surface area contributed by atoms with Crippen molar-refractivity contribution in [3.63, 3.8) is 0 Å². The van der Waals surface area contributed by atoms with Gasteiger partial charge in [0, 0.05) is 0 Å². The summed E-state index contributed by atoms with van der Waals surface area (Å²) in [6.07, 6.45) is 0. The molecule has 0 unspecified atom stereocenters. The second kappa shape index (κ2) is 6.29. The quantitative estimate of drug-likeness (QED) is 0.741. The molecule has 1 amide bonds. The van der Waals surface area contributed by atoms with E-state index in [9.17, 15) is 4.79 Å². The molecular weight excluding hydrogens is 293 g/mol. The van der Waals surface area contributed by atoms with E-state index in [2.05, 4.69) is 0 Å². The molecule has 0 aromatic heterocycles. The molecule has 0 aliphatic carbocycles. The first-order valence-electron chi connectivity index (χ1n) is 6.26. The van der Waals surface area contributed by atoms with Crippen molar-refractivity contribution in [2.24, 2.45) is 0 Å². The first-order chi connectivity index (χ1) is 9.56. The van der Waals surface area contributed by atoms with Crippen molar-refractivity contribution in [1.82, 2.24) is 0 Å². The summed E-state index contributed by atoms with van der Waals surface area (Å²) in [7, 11) is 0. The van der Waals surface area contributed by atoms with Gasteiger partial charge in [-0.25, -0.2) is 0 Å². The number of amides is 1. The molecule has 20 heavy (non-hydrogen) atoms. The maximum Gasteiger partial charge on any atom is 0.246 e. The van der Waals surface area contributed by atoms with Crippen molar-refractivity contribution < 1.29 is 4.79 Å². The van der Waals surface area contributed by atoms with E-state index in [4.69, 9.17) is 23.2 Å². The summed E-state index contributed by atoms with van der Waals surface area (Å²) in [5, 5.41) is 0.534. The summed E-state index contributed by atoms with van der Waals surface area (Å²) < 4.78 is 0. The minimum absolute atomic E-state index is 0.0982. The van der Waals surface area contributed by atoms with Gasteiger partial charge in [-0.15, -0.1) is 11.6 Å². The van der Waals surface area contributed by atoms with Crippen LogP contribution in [0, 0.1) is 13.8 Å². The topological polar surface area (TPSA) is 20.3 Å². The van der Waals surface area contributed by atoms with Gasteiger partial charge < -0.3 is 0 Å². The molecule has 2 rings (SSSR count). The van der Waals surface area contributed by atoms with Crippen LogP contribution in [0.4, 0.5) is 11.4 Å². The number of alkyl halides is 1. The van der Waals surface area contributed by atoms with Crippen LogP contribution >= 0.6 is 23.2 Å². The minimum atomic E-state index is -0.197. The van der Waals surface area contributed by atoms with E-state index in [0.717, 1.165) is 16.8 Å². The van der Waals surface area contributed by atoms with E-state index < -0.39 is 0 Å². The standard InChI is InChI=1S/C16H15Cl2NO/c1-11-6-3-4-9-14(11)19(15(20)10-17)16-12(2)7-5-8-13(16)18/h3-9H,10H2,1-2H3. The monoisotopic (exact) mass is 307 g/mol. The van der Waals surface area contributed by atoms with Crippen LogP contribution in [-0.2, 0) is 4.79 Å².